The molecule has 0 amide bonds. The average molecular weight is 287 g/mol. The Labute approximate surface area is 122 Å². The topological polar surface area (TPSA) is 68.4 Å². The third kappa shape index (κ3) is 3.51. The molecular weight excluding hydrogens is 270 g/mol. The zero-order valence-electron chi connectivity index (χ0n) is 12.2. The van der Waals surface area contributed by atoms with Gasteiger partial charge in [0.1, 0.15) is 5.75 Å². The first-order valence-electron chi connectivity index (χ1n) is 6.52. The van der Waals surface area contributed by atoms with Crippen molar-refractivity contribution in [2.24, 2.45) is 0 Å². The number of carbonyl (C=O) groups is 2. The lowest BCUT2D eigenvalue weighted by Gasteiger charge is -2.06. The van der Waals surface area contributed by atoms with Crippen molar-refractivity contribution in [1.29, 1.82) is 0 Å². The van der Waals surface area contributed by atoms with E-state index in [1.807, 2.05) is 13.8 Å². The third-order valence-electron chi connectivity index (χ3n) is 3.10. The quantitative estimate of drug-likeness (QED) is 0.678. The van der Waals surface area contributed by atoms with Crippen LogP contribution in [0.5, 0.6) is 5.75 Å². The molecule has 0 bridgehead atoms. The first-order chi connectivity index (χ1) is 10.0. The Morgan fingerprint density at radius 1 is 1.14 bits per heavy atom. The van der Waals surface area contributed by atoms with Crippen molar-refractivity contribution in [2.45, 2.75) is 13.8 Å². The Kier molecular flexibility index (Phi) is 4.42. The second-order valence-electron chi connectivity index (χ2n) is 4.72. The maximum absolute atomic E-state index is 12.1. The van der Waals surface area contributed by atoms with E-state index in [0.29, 0.717) is 16.9 Å². The van der Waals surface area contributed by atoms with Gasteiger partial charge in [0.25, 0.3) is 0 Å². The van der Waals surface area contributed by atoms with Crippen molar-refractivity contribution in [3.8, 4) is 5.75 Å². The minimum absolute atomic E-state index is 0.0459. The van der Waals surface area contributed by atoms with Crippen LogP contribution in [0.3, 0.4) is 0 Å². The van der Waals surface area contributed by atoms with E-state index in [1.165, 1.54) is 7.11 Å². The fourth-order valence-electron chi connectivity index (χ4n) is 2.05. The minimum Gasteiger partial charge on any atom is -0.485 e. The number of aryl methyl sites for hydroxylation is 2. The highest BCUT2D eigenvalue weighted by atomic mass is 16.5. The second kappa shape index (κ2) is 6.26. The molecule has 0 fully saturated rings. The van der Waals surface area contributed by atoms with Crippen molar-refractivity contribution in [1.82, 2.24) is 4.98 Å². The largest absolute Gasteiger partial charge is 0.485 e. The molecule has 0 atom stereocenters. The monoisotopic (exact) mass is 287 g/mol. The highest BCUT2D eigenvalue weighted by Crippen LogP contribution is 2.15. The number of H-pyrrole nitrogens is 1. The normalized spacial score (nSPS) is 10.2. The van der Waals surface area contributed by atoms with Crippen LogP contribution in [0, 0.1) is 13.8 Å². The summed E-state index contributed by atoms with van der Waals surface area (Å²) in [4.78, 5) is 26.4. The van der Waals surface area contributed by atoms with Crippen LogP contribution in [0.4, 0.5) is 0 Å². The minimum atomic E-state index is -0.406. The molecule has 5 heteroatoms. The molecule has 0 unspecified atom stereocenters. The fourth-order valence-corrected chi connectivity index (χ4v) is 2.05. The number of Topliss-reactive ketones (excluding diaryl/α,β-unsaturated/α-hetero) is 1. The lowest BCUT2D eigenvalue weighted by Crippen LogP contribution is -2.12. The summed E-state index contributed by atoms with van der Waals surface area (Å²) in [6.45, 7) is 3.71. The van der Waals surface area contributed by atoms with Crippen LogP contribution in [0.1, 0.15) is 32.1 Å². The van der Waals surface area contributed by atoms with Gasteiger partial charge in [-0.15, -0.1) is 0 Å². The van der Waals surface area contributed by atoms with Crippen LogP contribution < -0.4 is 4.74 Å². The molecule has 0 aliphatic heterocycles. The number of methoxy groups -OCH3 is 1. The molecule has 1 aromatic carbocycles. The van der Waals surface area contributed by atoms with E-state index in [4.69, 9.17) is 4.74 Å². The molecule has 110 valence electrons. The summed E-state index contributed by atoms with van der Waals surface area (Å²) in [5.74, 6) is 0.0332. The molecule has 0 aliphatic rings. The Hall–Kier alpha value is -2.56. The predicted octanol–water partition coefficient (Wildman–Crippen LogP) is 2.68. The molecule has 0 spiro atoms. The standard InChI is InChI=1S/C16H17NO4/c1-10-8-14(11(2)17-10)15(18)9-21-13-6-4-12(5-7-13)16(19)20-3/h4-8,17H,9H2,1-3H3. The molecule has 1 heterocycles. The van der Waals surface area contributed by atoms with Gasteiger partial charge in [0.15, 0.2) is 6.61 Å². The Morgan fingerprint density at radius 2 is 1.81 bits per heavy atom. The summed E-state index contributed by atoms with van der Waals surface area (Å²) >= 11 is 0. The molecule has 2 rings (SSSR count). The summed E-state index contributed by atoms with van der Waals surface area (Å²) in [5.41, 5.74) is 2.85. The van der Waals surface area contributed by atoms with Gasteiger partial charge in [-0.05, 0) is 44.2 Å². The molecule has 2 aromatic rings. The van der Waals surface area contributed by atoms with E-state index in [-0.39, 0.29) is 12.4 Å². The van der Waals surface area contributed by atoms with Crippen LogP contribution in [0.25, 0.3) is 0 Å². The molecule has 0 aliphatic carbocycles. The number of hydrogen-bond donors (Lipinski definition) is 1. The van der Waals surface area contributed by atoms with Gasteiger partial charge in [-0.3, -0.25) is 4.79 Å². The molecule has 1 N–H and O–H groups in total. The smallest absolute Gasteiger partial charge is 0.337 e. The molecule has 5 nitrogen and oxygen atoms in total. The van der Waals surface area contributed by atoms with Gasteiger partial charge in [-0.2, -0.15) is 0 Å². The van der Waals surface area contributed by atoms with Crippen LogP contribution in [0.15, 0.2) is 30.3 Å². The van der Waals surface area contributed by atoms with Gasteiger partial charge < -0.3 is 14.5 Å². The van der Waals surface area contributed by atoms with Crippen molar-refractivity contribution in [3.63, 3.8) is 0 Å². The molecular formula is C16H17NO4. The lowest BCUT2D eigenvalue weighted by atomic mass is 10.1. The zero-order valence-corrected chi connectivity index (χ0v) is 12.2. The molecule has 0 saturated carbocycles. The molecule has 1 aromatic heterocycles. The average Bonchev–Trinajstić information content (AvgIpc) is 2.83. The van der Waals surface area contributed by atoms with Crippen LogP contribution >= 0.6 is 0 Å². The summed E-state index contributed by atoms with van der Waals surface area (Å²) in [7, 11) is 1.33. The van der Waals surface area contributed by atoms with Crippen molar-refractivity contribution >= 4 is 11.8 Å². The van der Waals surface area contributed by atoms with Gasteiger partial charge in [-0.1, -0.05) is 0 Å². The van der Waals surface area contributed by atoms with Crippen molar-refractivity contribution < 1.29 is 19.1 Å². The van der Waals surface area contributed by atoms with Gasteiger partial charge >= 0.3 is 5.97 Å². The number of ketones is 1. The number of hydrogen-bond acceptors (Lipinski definition) is 4. The van der Waals surface area contributed by atoms with Crippen LogP contribution in [0.2, 0.25) is 0 Å². The summed E-state index contributed by atoms with van der Waals surface area (Å²) in [5, 5.41) is 0. The van der Waals surface area contributed by atoms with Gasteiger partial charge in [-0.25, -0.2) is 4.79 Å². The van der Waals surface area contributed by atoms with Gasteiger partial charge in [0, 0.05) is 17.0 Å². The van der Waals surface area contributed by atoms with E-state index < -0.39 is 5.97 Å². The van der Waals surface area contributed by atoms with Crippen LogP contribution in [-0.2, 0) is 4.74 Å². The zero-order chi connectivity index (χ0) is 15.4. The highest BCUT2D eigenvalue weighted by molar-refractivity contribution is 5.98. The highest BCUT2D eigenvalue weighted by Gasteiger charge is 2.12. The Balaban J connectivity index is 1.98. The second-order valence-corrected chi connectivity index (χ2v) is 4.72. The van der Waals surface area contributed by atoms with E-state index in [1.54, 1.807) is 30.3 Å². The number of rotatable bonds is 5. The molecule has 0 saturated heterocycles. The van der Waals surface area contributed by atoms with Gasteiger partial charge in [0.2, 0.25) is 5.78 Å². The van der Waals surface area contributed by atoms with E-state index in [9.17, 15) is 9.59 Å². The van der Waals surface area contributed by atoms with Crippen molar-refractivity contribution in [3.05, 3.63) is 52.8 Å². The predicted molar refractivity (Wildman–Crippen MR) is 77.9 cm³/mol. The Morgan fingerprint density at radius 3 is 2.33 bits per heavy atom. The fraction of sp³-hybridized carbons (Fsp3) is 0.250. The van der Waals surface area contributed by atoms with Gasteiger partial charge in [0.05, 0.1) is 12.7 Å². The summed E-state index contributed by atoms with van der Waals surface area (Å²) in [6, 6.07) is 8.26. The number of ether oxygens (including phenoxy) is 2. The third-order valence-corrected chi connectivity index (χ3v) is 3.10. The van der Waals surface area contributed by atoms with Crippen LogP contribution in [-0.4, -0.2) is 30.5 Å². The van der Waals surface area contributed by atoms with E-state index >= 15 is 0 Å². The first kappa shape index (κ1) is 14.8. The number of aromatic nitrogens is 1. The lowest BCUT2D eigenvalue weighted by molar-refractivity contribution is 0.0600. The summed E-state index contributed by atoms with van der Waals surface area (Å²) in [6.07, 6.45) is 0. The maximum Gasteiger partial charge on any atom is 0.337 e. The summed E-state index contributed by atoms with van der Waals surface area (Å²) < 4.78 is 10.0. The number of esters is 1. The number of aromatic amines is 1. The molecule has 0 radical (unpaired) electrons. The number of nitrogens with one attached hydrogen (secondary N) is 1. The first-order valence-corrected chi connectivity index (χ1v) is 6.52. The van der Waals surface area contributed by atoms with E-state index in [0.717, 1.165) is 11.4 Å². The van der Waals surface area contributed by atoms with Crippen molar-refractivity contribution in [2.75, 3.05) is 13.7 Å². The SMILES string of the molecule is COC(=O)c1ccc(OCC(=O)c2cc(C)[nH]c2C)cc1. The number of carbonyl (C=O) groups excluding carboxylic acids is 2. The molecule has 21 heavy (non-hydrogen) atoms. The van der Waals surface area contributed by atoms with E-state index in [2.05, 4.69) is 9.72 Å². The number of benzene rings is 1. The maximum atomic E-state index is 12.1. The Bertz CT molecular complexity index is 655.